The van der Waals surface area contributed by atoms with Crippen molar-refractivity contribution in [2.24, 2.45) is 0 Å². The van der Waals surface area contributed by atoms with Gasteiger partial charge >= 0.3 is 0 Å². The fourth-order valence-electron chi connectivity index (χ4n) is 1.42. The zero-order chi connectivity index (χ0) is 8.39. The molecule has 1 aliphatic heterocycles. The Bertz CT molecular complexity index is 275. The molecule has 0 aliphatic carbocycles. The minimum absolute atomic E-state index is 0.190. The van der Waals surface area contributed by atoms with Gasteiger partial charge in [-0.2, -0.15) is 0 Å². The summed E-state index contributed by atoms with van der Waals surface area (Å²) in [6.07, 6.45) is 0.887. The first-order valence-electron chi connectivity index (χ1n) is 3.94. The average Bonchev–Trinajstić information content (AvgIpc) is 2.17. The molecule has 1 aliphatic rings. The maximum Gasteiger partial charge on any atom is 0.123 e. The van der Waals surface area contributed by atoms with Gasteiger partial charge in [-0.1, -0.05) is 18.2 Å². The molecule has 1 aromatic rings. The van der Waals surface area contributed by atoms with Crippen LogP contribution in [0.1, 0.15) is 17.2 Å². The summed E-state index contributed by atoms with van der Waals surface area (Å²) in [7, 11) is 0. The van der Waals surface area contributed by atoms with Gasteiger partial charge in [0.05, 0.1) is 11.9 Å². The summed E-state index contributed by atoms with van der Waals surface area (Å²) in [6.45, 7) is 0.704. The Morgan fingerprint density at radius 1 is 1.42 bits per heavy atom. The second-order valence-corrected chi connectivity index (χ2v) is 3.55. The van der Waals surface area contributed by atoms with Crippen LogP contribution in [0.5, 0.6) is 5.75 Å². The van der Waals surface area contributed by atoms with Crippen molar-refractivity contribution in [1.82, 2.24) is 0 Å². The molecule has 0 bridgehead atoms. The van der Waals surface area contributed by atoms with Gasteiger partial charge in [0.2, 0.25) is 0 Å². The summed E-state index contributed by atoms with van der Waals surface area (Å²) < 4.78 is 14.4. The Balaban J connectivity index is 2.37. The Morgan fingerprint density at radius 3 is 3.08 bits per heavy atom. The molecule has 2 nitrogen and oxygen atoms in total. The zero-order valence-corrected chi connectivity index (χ0v) is 7.38. The van der Waals surface area contributed by atoms with Gasteiger partial charge in [0.15, 0.2) is 0 Å². The number of ether oxygens (including phenoxy) is 1. The van der Waals surface area contributed by atoms with E-state index >= 15 is 0 Å². The molecule has 0 amide bonds. The molecule has 12 heavy (non-hydrogen) atoms. The molecule has 0 aromatic heterocycles. The zero-order valence-electron chi connectivity index (χ0n) is 6.56. The first kappa shape index (κ1) is 7.95. The molecular formula is C9H10O2S. The fraction of sp³-hybridized carbons (Fsp3) is 0.333. The Labute approximate surface area is 75.8 Å². The van der Waals surface area contributed by atoms with Gasteiger partial charge in [0, 0.05) is 5.56 Å². The van der Waals surface area contributed by atoms with E-state index < -0.39 is 0 Å². The molecule has 1 N–H and O–H groups in total. The molecule has 1 unspecified atom stereocenters. The summed E-state index contributed by atoms with van der Waals surface area (Å²) in [5, 5.41) is 0.190. The smallest absolute Gasteiger partial charge is 0.123 e. The van der Waals surface area contributed by atoms with Crippen molar-refractivity contribution in [2.75, 3.05) is 6.61 Å². The lowest BCUT2D eigenvalue weighted by molar-refractivity contribution is 0.285. The highest BCUT2D eigenvalue weighted by molar-refractivity contribution is 7.94. The lowest BCUT2D eigenvalue weighted by atomic mass is 10.1. The summed E-state index contributed by atoms with van der Waals surface area (Å²) in [5.41, 5.74) is 1.11. The van der Waals surface area contributed by atoms with Crippen LogP contribution in [-0.4, -0.2) is 11.2 Å². The van der Waals surface area contributed by atoms with E-state index in [2.05, 4.69) is 0 Å². The normalized spacial score (nSPS) is 21.2. The summed E-state index contributed by atoms with van der Waals surface area (Å²) in [4.78, 5) is 0. The summed E-state index contributed by atoms with van der Waals surface area (Å²) >= 11 is 0.908. The Hall–Kier alpha value is -0.670. The van der Waals surface area contributed by atoms with E-state index in [4.69, 9.17) is 9.29 Å². The van der Waals surface area contributed by atoms with Crippen LogP contribution in [0.2, 0.25) is 0 Å². The van der Waals surface area contributed by atoms with Crippen molar-refractivity contribution in [3.8, 4) is 5.75 Å². The van der Waals surface area contributed by atoms with Crippen LogP contribution in [0.25, 0.3) is 0 Å². The van der Waals surface area contributed by atoms with Crippen LogP contribution in [0.15, 0.2) is 24.3 Å². The van der Waals surface area contributed by atoms with Gasteiger partial charge in [-0.05, 0) is 24.5 Å². The maximum atomic E-state index is 9.00. The predicted octanol–water partition coefficient (Wildman–Crippen LogP) is 2.72. The summed E-state index contributed by atoms with van der Waals surface area (Å²) in [6, 6.07) is 7.86. The lowest BCUT2D eigenvalue weighted by Crippen LogP contribution is -2.11. The highest BCUT2D eigenvalue weighted by Crippen LogP contribution is 2.38. The molecule has 3 heteroatoms. The number of benzene rings is 1. The first-order valence-corrected chi connectivity index (χ1v) is 4.77. The Kier molecular flexibility index (Phi) is 2.23. The highest BCUT2D eigenvalue weighted by Gasteiger charge is 2.20. The molecular weight excluding hydrogens is 172 g/mol. The highest BCUT2D eigenvalue weighted by atomic mass is 32.2. The molecule has 64 valence electrons. The minimum Gasteiger partial charge on any atom is -0.493 e. The van der Waals surface area contributed by atoms with Gasteiger partial charge in [-0.15, -0.1) is 0 Å². The van der Waals surface area contributed by atoms with Crippen molar-refractivity contribution >= 4 is 12.0 Å². The van der Waals surface area contributed by atoms with Crippen molar-refractivity contribution in [2.45, 2.75) is 11.7 Å². The van der Waals surface area contributed by atoms with E-state index in [9.17, 15) is 0 Å². The number of rotatable bonds is 1. The largest absolute Gasteiger partial charge is 0.493 e. The number of para-hydroxylation sites is 1. The SMILES string of the molecule is OSC1CCOc2ccccc21. The van der Waals surface area contributed by atoms with Crippen LogP contribution in [0.3, 0.4) is 0 Å². The lowest BCUT2D eigenvalue weighted by Gasteiger charge is -2.22. The monoisotopic (exact) mass is 182 g/mol. The third-order valence-corrected chi connectivity index (χ3v) is 2.77. The van der Waals surface area contributed by atoms with E-state index in [1.165, 1.54) is 0 Å². The van der Waals surface area contributed by atoms with Gasteiger partial charge < -0.3 is 9.29 Å². The predicted molar refractivity (Wildman–Crippen MR) is 49.5 cm³/mol. The first-order chi connectivity index (χ1) is 5.92. The van der Waals surface area contributed by atoms with Crippen molar-refractivity contribution in [3.63, 3.8) is 0 Å². The number of hydrogen-bond acceptors (Lipinski definition) is 3. The molecule has 0 fully saturated rings. The van der Waals surface area contributed by atoms with Gasteiger partial charge in [-0.25, -0.2) is 0 Å². The van der Waals surface area contributed by atoms with Crippen LogP contribution >= 0.6 is 12.0 Å². The average molecular weight is 182 g/mol. The topological polar surface area (TPSA) is 29.5 Å². The fourth-order valence-corrected chi connectivity index (χ4v) is 1.93. The van der Waals surface area contributed by atoms with Gasteiger partial charge in [0.1, 0.15) is 5.75 Å². The molecule has 2 rings (SSSR count). The van der Waals surface area contributed by atoms with Gasteiger partial charge in [0.25, 0.3) is 0 Å². The van der Waals surface area contributed by atoms with Crippen molar-refractivity contribution < 1.29 is 9.29 Å². The molecule has 0 radical (unpaired) electrons. The van der Waals surface area contributed by atoms with E-state index in [-0.39, 0.29) is 5.25 Å². The van der Waals surface area contributed by atoms with Crippen LogP contribution in [0.4, 0.5) is 0 Å². The molecule has 1 atom stereocenters. The second kappa shape index (κ2) is 3.37. The molecule has 0 saturated heterocycles. The van der Waals surface area contributed by atoms with Gasteiger partial charge in [-0.3, -0.25) is 0 Å². The maximum absolute atomic E-state index is 9.00. The number of hydrogen-bond donors (Lipinski definition) is 1. The van der Waals surface area contributed by atoms with Crippen LogP contribution in [0, 0.1) is 0 Å². The van der Waals surface area contributed by atoms with Crippen LogP contribution < -0.4 is 4.74 Å². The van der Waals surface area contributed by atoms with Crippen molar-refractivity contribution in [3.05, 3.63) is 29.8 Å². The third kappa shape index (κ3) is 1.30. The molecule has 1 heterocycles. The molecule has 0 spiro atoms. The van der Waals surface area contributed by atoms with E-state index in [1.807, 2.05) is 24.3 Å². The molecule has 0 saturated carbocycles. The number of fused-ring (bicyclic) bond motifs is 1. The van der Waals surface area contributed by atoms with Crippen molar-refractivity contribution in [1.29, 1.82) is 0 Å². The third-order valence-electron chi connectivity index (χ3n) is 2.03. The van der Waals surface area contributed by atoms with Crippen LogP contribution in [-0.2, 0) is 0 Å². The quantitative estimate of drug-likeness (QED) is 0.677. The minimum atomic E-state index is 0.190. The second-order valence-electron chi connectivity index (χ2n) is 2.77. The van der Waals surface area contributed by atoms with E-state index in [1.54, 1.807) is 0 Å². The Morgan fingerprint density at radius 2 is 2.25 bits per heavy atom. The van der Waals surface area contributed by atoms with E-state index in [0.29, 0.717) is 6.61 Å². The molecule has 1 aromatic carbocycles. The van der Waals surface area contributed by atoms with E-state index in [0.717, 1.165) is 29.8 Å². The summed E-state index contributed by atoms with van der Waals surface area (Å²) in [5.74, 6) is 0.912. The standard InChI is InChI=1S/C9H10O2S/c10-12-9-5-6-11-8-4-2-1-3-7(8)9/h1-4,9-10H,5-6H2.